The molecule has 0 rings (SSSR count). The van der Waals surface area contributed by atoms with E-state index in [-0.39, 0.29) is 31.1 Å². The number of carbonyl (C=O) groups excluding carboxylic acids is 3. The van der Waals surface area contributed by atoms with Crippen molar-refractivity contribution < 1.29 is 28.6 Å². The highest BCUT2D eigenvalue weighted by atomic mass is 16.6. The van der Waals surface area contributed by atoms with Crippen LogP contribution in [0, 0.1) is 0 Å². The van der Waals surface area contributed by atoms with Gasteiger partial charge in [0.25, 0.3) is 0 Å². The second-order valence-electron chi connectivity index (χ2n) is 19.7. The predicted octanol–water partition coefficient (Wildman–Crippen LogP) is 19.9. The van der Waals surface area contributed by atoms with E-state index in [0.717, 1.165) is 83.5 Å². The number of rotatable bonds is 53. The summed E-state index contributed by atoms with van der Waals surface area (Å²) in [6.07, 6.45) is 75.6. The fourth-order valence-corrected chi connectivity index (χ4v) is 8.29. The summed E-state index contributed by atoms with van der Waals surface area (Å²) in [5, 5.41) is 0. The third kappa shape index (κ3) is 55.5. The van der Waals surface area contributed by atoms with Crippen LogP contribution in [0.2, 0.25) is 0 Å². The Morgan fingerprint density at radius 1 is 0.286 bits per heavy atom. The van der Waals surface area contributed by atoms with Crippen molar-refractivity contribution in [2.24, 2.45) is 0 Å². The van der Waals surface area contributed by atoms with Crippen LogP contribution in [0.5, 0.6) is 0 Å². The molecule has 402 valence electrons. The van der Waals surface area contributed by atoms with Gasteiger partial charge < -0.3 is 14.2 Å². The minimum absolute atomic E-state index is 0.0861. The van der Waals surface area contributed by atoms with Crippen LogP contribution in [0.1, 0.15) is 284 Å². The molecule has 0 radical (unpaired) electrons. The minimum Gasteiger partial charge on any atom is -0.462 e. The van der Waals surface area contributed by atoms with Crippen LogP contribution in [0.3, 0.4) is 0 Å². The van der Waals surface area contributed by atoms with Crippen molar-refractivity contribution in [3.63, 3.8) is 0 Å². The van der Waals surface area contributed by atoms with Gasteiger partial charge in [-0.05, 0) is 64.2 Å². The van der Waals surface area contributed by atoms with E-state index >= 15 is 0 Å². The first-order chi connectivity index (χ1) is 34.5. The lowest BCUT2D eigenvalue weighted by Gasteiger charge is -2.18. The van der Waals surface area contributed by atoms with Gasteiger partial charge in [-0.2, -0.15) is 0 Å². The molecule has 0 saturated carbocycles. The molecule has 1 unspecified atom stereocenters. The lowest BCUT2D eigenvalue weighted by molar-refractivity contribution is -0.167. The van der Waals surface area contributed by atoms with Crippen molar-refractivity contribution in [1.82, 2.24) is 0 Å². The van der Waals surface area contributed by atoms with E-state index in [1.54, 1.807) is 0 Å². The van der Waals surface area contributed by atoms with E-state index in [9.17, 15) is 14.4 Å². The van der Waals surface area contributed by atoms with Gasteiger partial charge in [-0.1, -0.05) is 286 Å². The fourth-order valence-electron chi connectivity index (χ4n) is 8.29. The van der Waals surface area contributed by atoms with Crippen molar-refractivity contribution in [2.45, 2.75) is 290 Å². The van der Waals surface area contributed by atoms with E-state index < -0.39 is 6.10 Å². The number of allylic oxidation sites excluding steroid dienone is 14. The number of esters is 3. The number of hydrogen-bond donors (Lipinski definition) is 0. The van der Waals surface area contributed by atoms with Gasteiger partial charge in [-0.3, -0.25) is 14.4 Å². The minimum atomic E-state index is -0.791. The fraction of sp³-hybridized carbons (Fsp3) is 0.734. The van der Waals surface area contributed by atoms with Gasteiger partial charge in [0.1, 0.15) is 13.2 Å². The highest BCUT2D eigenvalue weighted by Gasteiger charge is 2.19. The zero-order valence-electron chi connectivity index (χ0n) is 46.0. The molecule has 0 aliphatic rings. The molecule has 0 bridgehead atoms. The van der Waals surface area contributed by atoms with Crippen LogP contribution < -0.4 is 0 Å². The van der Waals surface area contributed by atoms with Crippen LogP contribution in [0.15, 0.2) is 85.1 Å². The number of carbonyl (C=O) groups is 3. The van der Waals surface area contributed by atoms with Gasteiger partial charge in [-0.15, -0.1) is 0 Å². The molecule has 0 spiro atoms. The molecule has 1 atom stereocenters. The van der Waals surface area contributed by atoms with Crippen LogP contribution in [-0.4, -0.2) is 37.2 Å². The SMILES string of the molecule is CCC\C=C/C=C\C=C/C=C\C=C/CCCCCCCC(=O)OC(COC(=O)CCCCCCCCCCCC/C=C\C=C/CCCCC)COC(=O)CCCCCCCCCCCCCCCCC. The van der Waals surface area contributed by atoms with Gasteiger partial charge in [0.2, 0.25) is 0 Å². The van der Waals surface area contributed by atoms with Crippen LogP contribution >= 0.6 is 0 Å². The normalized spacial score (nSPS) is 12.7. The largest absolute Gasteiger partial charge is 0.462 e. The second-order valence-corrected chi connectivity index (χ2v) is 19.7. The van der Waals surface area contributed by atoms with Crippen molar-refractivity contribution in [1.29, 1.82) is 0 Å². The first kappa shape index (κ1) is 66.6. The molecule has 6 heteroatoms. The zero-order chi connectivity index (χ0) is 50.7. The van der Waals surface area contributed by atoms with Crippen molar-refractivity contribution >= 4 is 17.9 Å². The Hall–Kier alpha value is -3.41. The summed E-state index contributed by atoms with van der Waals surface area (Å²) in [4.78, 5) is 38.2. The lowest BCUT2D eigenvalue weighted by atomic mass is 10.0. The van der Waals surface area contributed by atoms with Crippen molar-refractivity contribution in [3.05, 3.63) is 85.1 Å². The summed E-state index contributed by atoms with van der Waals surface area (Å²) >= 11 is 0. The van der Waals surface area contributed by atoms with Crippen molar-refractivity contribution in [2.75, 3.05) is 13.2 Å². The molecule has 0 aliphatic heterocycles. The Labute approximate surface area is 433 Å². The Kier molecular flexibility index (Phi) is 55.3. The summed E-state index contributed by atoms with van der Waals surface area (Å²) in [5.74, 6) is -0.905. The predicted molar refractivity (Wildman–Crippen MR) is 302 cm³/mol. The third-order valence-electron chi connectivity index (χ3n) is 12.8. The average Bonchev–Trinajstić information content (AvgIpc) is 3.36. The van der Waals surface area contributed by atoms with E-state index in [1.165, 1.54) is 161 Å². The summed E-state index contributed by atoms with van der Waals surface area (Å²) in [6, 6.07) is 0. The summed E-state index contributed by atoms with van der Waals surface area (Å²) < 4.78 is 16.9. The standard InChI is InChI=1S/C64H110O6/c1-4-7-10-13-16-19-22-25-28-30-32-34-36-39-42-45-48-51-54-57-63(66)69-60-61(59-68-62(65)56-53-50-47-44-41-38-35-27-24-21-18-15-12-9-6-3)70-64(67)58-55-52-49-46-43-40-37-33-31-29-26-23-20-17-14-11-8-5-2/h11,14,16-17,19-20,22-23,25-26,29,31,33,37,61H,4-10,12-13,15,18,21,24,27-28,30,32,34-36,38-60H2,1-3H3/b14-11-,19-16-,20-17-,25-22-,26-23-,31-29-,37-33-. The molecule has 0 aromatic rings. The van der Waals surface area contributed by atoms with Crippen molar-refractivity contribution in [3.8, 4) is 0 Å². The first-order valence-electron chi connectivity index (χ1n) is 29.7. The maximum absolute atomic E-state index is 12.9. The van der Waals surface area contributed by atoms with E-state index in [2.05, 4.69) is 81.5 Å². The molecule has 6 nitrogen and oxygen atoms in total. The molecule has 0 aromatic heterocycles. The van der Waals surface area contributed by atoms with E-state index in [1.807, 2.05) is 24.3 Å². The van der Waals surface area contributed by atoms with E-state index in [0.29, 0.717) is 19.3 Å². The van der Waals surface area contributed by atoms with Gasteiger partial charge in [-0.25, -0.2) is 0 Å². The van der Waals surface area contributed by atoms with Gasteiger partial charge in [0, 0.05) is 19.3 Å². The number of hydrogen-bond acceptors (Lipinski definition) is 6. The first-order valence-corrected chi connectivity index (χ1v) is 29.7. The maximum Gasteiger partial charge on any atom is 0.306 e. The summed E-state index contributed by atoms with van der Waals surface area (Å²) in [6.45, 7) is 6.53. The van der Waals surface area contributed by atoms with E-state index in [4.69, 9.17) is 14.2 Å². The maximum atomic E-state index is 12.9. The van der Waals surface area contributed by atoms with Crippen LogP contribution in [0.25, 0.3) is 0 Å². The molecule has 0 fully saturated rings. The monoisotopic (exact) mass is 975 g/mol. The Bertz CT molecular complexity index is 1350. The Morgan fingerprint density at radius 2 is 0.543 bits per heavy atom. The molecule has 0 N–H and O–H groups in total. The smallest absolute Gasteiger partial charge is 0.306 e. The molecule has 0 aromatic carbocycles. The summed E-state index contributed by atoms with van der Waals surface area (Å²) in [7, 11) is 0. The highest BCUT2D eigenvalue weighted by Crippen LogP contribution is 2.16. The molecule has 0 heterocycles. The molecule has 70 heavy (non-hydrogen) atoms. The summed E-state index contributed by atoms with van der Waals surface area (Å²) in [5.41, 5.74) is 0. The molecular formula is C64H110O6. The number of unbranched alkanes of at least 4 members (excludes halogenated alkanes) is 33. The average molecular weight is 976 g/mol. The molecule has 0 amide bonds. The molecule has 0 aliphatic carbocycles. The second kappa shape index (κ2) is 58.2. The third-order valence-corrected chi connectivity index (χ3v) is 12.8. The molecule has 0 saturated heterocycles. The topological polar surface area (TPSA) is 78.9 Å². The quantitative estimate of drug-likeness (QED) is 0.0261. The lowest BCUT2D eigenvalue weighted by Crippen LogP contribution is -2.30. The van der Waals surface area contributed by atoms with Gasteiger partial charge >= 0.3 is 17.9 Å². The highest BCUT2D eigenvalue weighted by molar-refractivity contribution is 5.71. The zero-order valence-corrected chi connectivity index (χ0v) is 46.0. The Balaban J connectivity index is 4.43. The van der Waals surface area contributed by atoms with Crippen LogP contribution in [0.4, 0.5) is 0 Å². The van der Waals surface area contributed by atoms with Gasteiger partial charge in [0.15, 0.2) is 6.10 Å². The van der Waals surface area contributed by atoms with Gasteiger partial charge in [0.05, 0.1) is 0 Å². The number of ether oxygens (including phenoxy) is 3. The Morgan fingerprint density at radius 3 is 0.900 bits per heavy atom. The van der Waals surface area contributed by atoms with Crippen LogP contribution in [-0.2, 0) is 28.6 Å². The molecular weight excluding hydrogens is 865 g/mol.